The fourth-order valence-electron chi connectivity index (χ4n) is 3.06. The second-order valence-corrected chi connectivity index (χ2v) is 6.94. The monoisotopic (exact) mass is 388 g/mol. The number of carbonyl (C=O) groups excluding carboxylic acids is 1. The summed E-state index contributed by atoms with van der Waals surface area (Å²) in [4.78, 5) is 23.4. The lowest BCUT2D eigenvalue weighted by molar-refractivity contribution is -0.125. The van der Waals surface area contributed by atoms with Crippen LogP contribution in [0.15, 0.2) is 47.2 Å². The third-order valence-corrected chi connectivity index (χ3v) is 5.08. The van der Waals surface area contributed by atoms with E-state index in [1.165, 1.54) is 0 Å². The molecular formula is C18H21BrN4O. The number of nitrogens with one attached hydrogen (secondary N) is 1. The number of carbonyl (C=O) groups is 1. The number of nitrogens with zero attached hydrogens (tertiary/aromatic N) is 3. The van der Waals surface area contributed by atoms with Gasteiger partial charge in [-0.05, 0) is 37.5 Å². The van der Waals surface area contributed by atoms with Crippen molar-refractivity contribution < 1.29 is 4.79 Å². The highest BCUT2D eigenvalue weighted by Crippen LogP contribution is 2.25. The van der Waals surface area contributed by atoms with Crippen LogP contribution in [0.2, 0.25) is 0 Å². The normalized spacial score (nSPS) is 18.9. The maximum Gasteiger partial charge on any atom is 0.225 e. The largest absolute Gasteiger partial charge is 0.349 e. The molecular weight excluding hydrogens is 368 g/mol. The van der Waals surface area contributed by atoms with Gasteiger partial charge in [0.25, 0.3) is 0 Å². The maximum atomic E-state index is 12.7. The summed E-state index contributed by atoms with van der Waals surface area (Å²) in [5.41, 5.74) is 1.09. The van der Waals surface area contributed by atoms with Crippen LogP contribution in [0, 0.1) is 5.92 Å². The minimum Gasteiger partial charge on any atom is -0.349 e. The van der Waals surface area contributed by atoms with E-state index in [1.54, 1.807) is 18.5 Å². The van der Waals surface area contributed by atoms with Gasteiger partial charge >= 0.3 is 0 Å². The van der Waals surface area contributed by atoms with Crippen molar-refractivity contribution in [2.24, 2.45) is 5.92 Å². The highest BCUT2D eigenvalue weighted by molar-refractivity contribution is 9.10. The van der Waals surface area contributed by atoms with Gasteiger partial charge in [-0.3, -0.25) is 4.79 Å². The number of benzene rings is 1. The standard InChI is InChI=1S/C18H21BrN4O/c1-13(15-7-2-3-8-16(15)19)22-17(24)14-6-4-11-23(12-14)18-20-9-5-10-21-18/h2-3,5,7-10,13-14H,4,6,11-12H2,1H3,(H,22,24). The lowest BCUT2D eigenvalue weighted by Crippen LogP contribution is -2.44. The molecule has 1 amide bonds. The van der Waals surface area contributed by atoms with Crippen molar-refractivity contribution in [2.75, 3.05) is 18.0 Å². The summed E-state index contributed by atoms with van der Waals surface area (Å²) in [6, 6.07) is 9.75. The Balaban J connectivity index is 1.63. The number of hydrogen-bond donors (Lipinski definition) is 1. The molecule has 1 aliphatic heterocycles. The van der Waals surface area contributed by atoms with Crippen LogP contribution in [0.5, 0.6) is 0 Å². The average Bonchev–Trinajstić information content (AvgIpc) is 2.63. The Bertz CT molecular complexity index is 694. The van der Waals surface area contributed by atoms with Gasteiger partial charge in [-0.2, -0.15) is 0 Å². The first-order valence-electron chi connectivity index (χ1n) is 8.22. The molecule has 1 fully saturated rings. The van der Waals surface area contributed by atoms with Gasteiger partial charge in [0.15, 0.2) is 0 Å². The molecule has 1 aromatic heterocycles. The van der Waals surface area contributed by atoms with Crippen molar-refractivity contribution in [3.8, 4) is 0 Å². The molecule has 2 unspecified atom stereocenters. The van der Waals surface area contributed by atoms with E-state index in [4.69, 9.17) is 0 Å². The van der Waals surface area contributed by atoms with Gasteiger partial charge in [0.1, 0.15) is 0 Å². The van der Waals surface area contributed by atoms with Gasteiger partial charge in [0.2, 0.25) is 11.9 Å². The molecule has 1 N–H and O–H groups in total. The number of anilines is 1. The number of halogens is 1. The predicted molar refractivity (Wildman–Crippen MR) is 97.7 cm³/mol. The van der Waals surface area contributed by atoms with Gasteiger partial charge in [0.05, 0.1) is 12.0 Å². The van der Waals surface area contributed by atoms with E-state index in [2.05, 4.69) is 36.1 Å². The number of hydrogen-bond acceptors (Lipinski definition) is 4. The Labute approximate surface area is 150 Å². The molecule has 0 saturated carbocycles. The second kappa shape index (κ2) is 7.75. The van der Waals surface area contributed by atoms with Gasteiger partial charge < -0.3 is 10.2 Å². The molecule has 2 atom stereocenters. The number of amides is 1. The molecule has 2 heterocycles. The summed E-state index contributed by atoms with van der Waals surface area (Å²) in [5, 5.41) is 3.14. The minimum atomic E-state index is -0.0347. The van der Waals surface area contributed by atoms with Crippen LogP contribution in [0.1, 0.15) is 31.4 Å². The van der Waals surface area contributed by atoms with Crippen molar-refractivity contribution in [1.29, 1.82) is 0 Å². The summed E-state index contributed by atoms with van der Waals surface area (Å²) in [5.74, 6) is 0.764. The zero-order chi connectivity index (χ0) is 16.9. The Kier molecular flexibility index (Phi) is 5.45. The summed E-state index contributed by atoms with van der Waals surface area (Å²) in [6.07, 6.45) is 5.35. The molecule has 0 bridgehead atoms. The Morgan fingerprint density at radius 2 is 2.04 bits per heavy atom. The highest BCUT2D eigenvalue weighted by atomic mass is 79.9. The maximum absolute atomic E-state index is 12.7. The first kappa shape index (κ1) is 16.9. The molecule has 5 nitrogen and oxygen atoms in total. The van der Waals surface area contributed by atoms with E-state index in [0.29, 0.717) is 12.5 Å². The molecule has 3 rings (SSSR count). The molecule has 0 radical (unpaired) electrons. The van der Waals surface area contributed by atoms with Crippen LogP contribution >= 0.6 is 15.9 Å². The zero-order valence-electron chi connectivity index (χ0n) is 13.7. The van der Waals surface area contributed by atoms with Crippen molar-refractivity contribution in [1.82, 2.24) is 15.3 Å². The van der Waals surface area contributed by atoms with Crippen LogP contribution in [-0.4, -0.2) is 29.0 Å². The quantitative estimate of drug-likeness (QED) is 0.872. The molecule has 0 spiro atoms. The molecule has 24 heavy (non-hydrogen) atoms. The van der Waals surface area contributed by atoms with Crippen LogP contribution < -0.4 is 10.2 Å². The molecule has 0 aliphatic carbocycles. The Hall–Kier alpha value is -1.95. The van der Waals surface area contributed by atoms with Gasteiger partial charge in [-0.1, -0.05) is 34.1 Å². The van der Waals surface area contributed by atoms with E-state index in [9.17, 15) is 4.79 Å². The first-order chi connectivity index (χ1) is 11.6. The third-order valence-electron chi connectivity index (χ3n) is 4.36. The fraction of sp³-hybridized carbons (Fsp3) is 0.389. The van der Waals surface area contributed by atoms with Crippen molar-refractivity contribution in [2.45, 2.75) is 25.8 Å². The van der Waals surface area contributed by atoms with Crippen molar-refractivity contribution >= 4 is 27.8 Å². The number of piperidine rings is 1. The molecule has 6 heteroatoms. The van der Waals surface area contributed by atoms with E-state index in [1.807, 2.05) is 31.2 Å². The van der Waals surface area contributed by atoms with Crippen molar-refractivity contribution in [3.05, 3.63) is 52.8 Å². The molecule has 126 valence electrons. The molecule has 1 aromatic carbocycles. The third kappa shape index (κ3) is 3.93. The second-order valence-electron chi connectivity index (χ2n) is 6.09. The van der Waals surface area contributed by atoms with Crippen LogP contribution in [0.25, 0.3) is 0 Å². The molecule has 1 saturated heterocycles. The van der Waals surface area contributed by atoms with E-state index in [-0.39, 0.29) is 17.9 Å². The van der Waals surface area contributed by atoms with Crippen molar-refractivity contribution in [3.63, 3.8) is 0 Å². The lowest BCUT2D eigenvalue weighted by Gasteiger charge is -2.32. The number of rotatable bonds is 4. The first-order valence-corrected chi connectivity index (χ1v) is 9.01. The summed E-state index contributed by atoms with van der Waals surface area (Å²) >= 11 is 3.55. The van der Waals surface area contributed by atoms with Gasteiger partial charge in [-0.15, -0.1) is 0 Å². The van der Waals surface area contributed by atoms with E-state index in [0.717, 1.165) is 29.4 Å². The average molecular weight is 389 g/mol. The van der Waals surface area contributed by atoms with Gasteiger partial charge in [0, 0.05) is 30.0 Å². The number of aromatic nitrogens is 2. The SMILES string of the molecule is CC(NC(=O)C1CCCN(c2ncccn2)C1)c1ccccc1Br. The Morgan fingerprint density at radius 3 is 2.79 bits per heavy atom. The minimum absolute atomic E-state index is 0.0311. The lowest BCUT2D eigenvalue weighted by atomic mass is 9.96. The summed E-state index contributed by atoms with van der Waals surface area (Å²) in [6.45, 7) is 3.57. The predicted octanol–water partition coefficient (Wildman–Crippen LogP) is 3.33. The smallest absolute Gasteiger partial charge is 0.225 e. The topological polar surface area (TPSA) is 58.1 Å². The highest BCUT2D eigenvalue weighted by Gasteiger charge is 2.28. The van der Waals surface area contributed by atoms with Crippen LogP contribution in [-0.2, 0) is 4.79 Å². The molecule has 2 aromatic rings. The summed E-state index contributed by atoms with van der Waals surface area (Å²) in [7, 11) is 0. The van der Waals surface area contributed by atoms with E-state index < -0.39 is 0 Å². The zero-order valence-corrected chi connectivity index (χ0v) is 15.2. The fourth-order valence-corrected chi connectivity index (χ4v) is 3.69. The van der Waals surface area contributed by atoms with Crippen LogP contribution in [0.3, 0.4) is 0 Å². The summed E-state index contributed by atoms with van der Waals surface area (Å²) < 4.78 is 1.01. The van der Waals surface area contributed by atoms with Gasteiger partial charge in [-0.25, -0.2) is 9.97 Å². The van der Waals surface area contributed by atoms with Crippen LogP contribution in [0.4, 0.5) is 5.95 Å². The van der Waals surface area contributed by atoms with E-state index >= 15 is 0 Å². The molecule has 1 aliphatic rings. The Morgan fingerprint density at radius 1 is 1.29 bits per heavy atom.